The van der Waals surface area contributed by atoms with E-state index in [1.165, 1.54) is 18.1 Å². The number of oxazole rings is 1. The van der Waals surface area contributed by atoms with E-state index in [9.17, 15) is 4.79 Å². The second-order valence-electron chi connectivity index (χ2n) is 5.86. The fourth-order valence-corrected chi connectivity index (χ4v) is 4.01. The molecule has 0 aliphatic rings. The van der Waals surface area contributed by atoms with Gasteiger partial charge in [0, 0.05) is 22.9 Å². The molecule has 138 valence electrons. The number of fused-ring (bicyclic) bond motifs is 1. The molecule has 0 fully saturated rings. The van der Waals surface area contributed by atoms with Crippen molar-refractivity contribution in [2.24, 2.45) is 0 Å². The smallest absolute Gasteiger partial charge is 0.278 e. The number of nitrogens with zero attached hydrogens (tertiary/aromatic N) is 4. The Morgan fingerprint density at radius 3 is 2.96 bits per heavy atom. The molecule has 0 spiro atoms. The molecule has 0 atom stereocenters. The molecule has 7 nitrogen and oxygen atoms in total. The lowest BCUT2D eigenvalue weighted by Crippen LogP contribution is -2.07. The monoisotopic (exact) mass is 401 g/mol. The Labute approximate surface area is 163 Å². The summed E-state index contributed by atoms with van der Waals surface area (Å²) in [5, 5.41) is 1.36. The van der Waals surface area contributed by atoms with Gasteiger partial charge in [0.2, 0.25) is 5.89 Å². The van der Waals surface area contributed by atoms with Crippen LogP contribution in [0.1, 0.15) is 18.4 Å². The van der Waals surface area contributed by atoms with Crippen LogP contribution < -0.4 is 5.56 Å². The molecule has 1 N–H and O–H groups in total. The van der Waals surface area contributed by atoms with E-state index in [1.54, 1.807) is 0 Å². The van der Waals surface area contributed by atoms with E-state index in [-0.39, 0.29) is 5.56 Å². The first-order chi connectivity index (χ1) is 13.1. The van der Waals surface area contributed by atoms with E-state index in [2.05, 4.69) is 19.9 Å². The minimum atomic E-state index is -0.241. The first kappa shape index (κ1) is 17.8. The number of hydrogen-bond donors (Lipinski definition) is 1. The second-order valence-corrected chi connectivity index (χ2v) is 7.24. The molecule has 27 heavy (non-hydrogen) atoms. The van der Waals surface area contributed by atoms with Crippen LogP contribution in [-0.2, 0) is 12.3 Å². The normalized spacial score (nSPS) is 11.4. The second kappa shape index (κ2) is 7.21. The maximum absolute atomic E-state index is 12.0. The average molecular weight is 402 g/mol. The van der Waals surface area contributed by atoms with Gasteiger partial charge in [-0.1, -0.05) is 29.4 Å². The van der Waals surface area contributed by atoms with E-state index in [0.29, 0.717) is 34.4 Å². The maximum Gasteiger partial charge on any atom is 0.278 e. The molecule has 0 amide bonds. The highest BCUT2D eigenvalue weighted by Gasteiger charge is 2.17. The molecular weight excluding hydrogens is 386 g/mol. The quantitative estimate of drug-likeness (QED) is 0.507. The van der Waals surface area contributed by atoms with Crippen LogP contribution in [0, 0.1) is 6.92 Å². The lowest BCUT2D eigenvalue weighted by atomic mass is 10.2. The van der Waals surface area contributed by atoms with E-state index < -0.39 is 0 Å². The van der Waals surface area contributed by atoms with Gasteiger partial charge in [-0.25, -0.2) is 15.0 Å². The molecule has 0 radical (unpaired) electrons. The maximum atomic E-state index is 12.0. The lowest BCUT2D eigenvalue weighted by Gasteiger charge is -2.03. The summed E-state index contributed by atoms with van der Waals surface area (Å²) < 4.78 is 7.72. The van der Waals surface area contributed by atoms with Gasteiger partial charge in [-0.05, 0) is 32.0 Å². The van der Waals surface area contributed by atoms with Crippen LogP contribution in [0.4, 0.5) is 0 Å². The van der Waals surface area contributed by atoms with Gasteiger partial charge < -0.3 is 14.0 Å². The largest absolute Gasteiger partial charge is 0.441 e. The molecule has 1 aromatic carbocycles. The van der Waals surface area contributed by atoms with Crippen molar-refractivity contribution in [2.75, 3.05) is 0 Å². The molecule has 0 aliphatic heterocycles. The molecular formula is C18H16ClN5O2S. The van der Waals surface area contributed by atoms with Gasteiger partial charge in [0.05, 0.1) is 12.0 Å². The van der Waals surface area contributed by atoms with Crippen molar-refractivity contribution in [1.29, 1.82) is 0 Å². The molecule has 9 heteroatoms. The van der Waals surface area contributed by atoms with Gasteiger partial charge in [-0.2, -0.15) is 0 Å². The van der Waals surface area contributed by atoms with E-state index in [1.807, 2.05) is 42.7 Å². The lowest BCUT2D eigenvalue weighted by molar-refractivity contribution is 0.540. The zero-order valence-electron chi connectivity index (χ0n) is 14.7. The minimum Gasteiger partial charge on any atom is -0.441 e. The summed E-state index contributed by atoms with van der Waals surface area (Å²) in [7, 11) is 0. The van der Waals surface area contributed by atoms with Crippen LogP contribution in [0.15, 0.2) is 45.0 Å². The van der Waals surface area contributed by atoms with E-state index in [4.69, 9.17) is 16.0 Å². The summed E-state index contributed by atoms with van der Waals surface area (Å²) in [5.41, 5.74) is 2.35. The number of imidazole rings is 1. The number of aromatic amines is 1. The van der Waals surface area contributed by atoms with Crippen molar-refractivity contribution in [1.82, 2.24) is 24.5 Å². The molecule has 4 aromatic rings. The number of aromatic nitrogens is 5. The zero-order valence-corrected chi connectivity index (χ0v) is 16.3. The SMILES string of the molecule is CCn1c(SCc2nc(-c3cccc(Cl)c3)oc2C)nc2c(=O)[nH]cnc21. The summed E-state index contributed by atoms with van der Waals surface area (Å²) in [4.78, 5) is 27.8. The molecule has 0 aliphatic carbocycles. The van der Waals surface area contributed by atoms with Crippen LogP contribution in [0.25, 0.3) is 22.6 Å². The molecule has 0 saturated heterocycles. The molecule has 0 saturated carbocycles. The Bertz CT molecular complexity index is 1180. The van der Waals surface area contributed by atoms with Crippen molar-refractivity contribution in [3.05, 3.63) is 57.4 Å². The van der Waals surface area contributed by atoms with Crippen LogP contribution in [-0.4, -0.2) is 24.5 Å². The Balaban J connectivity index is 1.62. The molecule has 0 unspecified atom stereocenters. The summed E-state index contributed by atoms with van der Waals surface area (Å²) in [6.45, 7) is 4.54. The number of thioether (sulfide) groups is 1. The summed E-state index contributed by atoms with van der Waals surface area (Å²) in [6, 6.07) is 7.39. The first-order valence-electron chi connectivity index (χ1n) is 8.35. The van der Waals surface area contributed by atoms with Gasteiger partial charge in [0.15, 0.2) is 16.3 Å². The van der Waals surface area contributed by atoms with Crippen LogP contribution in [0.2, 0.25) is 5.02 Å². The fourth-order valence-electron chi connectivity index (χ4n) is 2.76. The average Bonchev–Trinajstić information content (AvgIpc) is 3.21. The summed E-state index contributed by atoms with van der Waals surface area (Å²) in [5.74, 6) is 1.84. The molecule has 3 heterocycles. The number of aryl methyl sites for hydroxylation is 2. The number of hydrogen-bond acceptors (Lipinski definition) is 6. The third kappa shape index (κ3) is 3.38. The number of nitrogens with one attached hydrogen (secondary N) is 1. The predicted octanol–water partition coefficient (Wildman–Crippen LogP) is 4.05. The third-order valence-electron chi connectivity index (χ3n) is 4.12. The molecule has 0 bridgehead atoms. The first-order valence-corrected chi connectivity index (χ1v) is 9.72. The van der Waals surface area contributed by atoms with Gasteiger partial charge in [0.25, 0.3) is 5.56 Å². The number of benzene rings is 1. The van der Waals surface area contributed by atoms with Crippen molar-refractivity contribution >= 4 is 34.5 Å². The Morgan fingerprint density at radius 2 is 2.19 bits per heavy atom. The molecule has 3 aromatic heterocycles. The van der Waals surface area contributed by atoms with Crippen molar-refractivity contribution in [3.63, 3.8) is 0 Å². The fraction of sp³-hybridized carbons (Fsp3) is 0.222. The third-order valence-corrected chi connectivity index (χ3v) is 5.34. The standard InChI is InChI=1S/C18H16ClN5O2S/c1-3-24-15-14(16(25)21-9-20-15)23-18(24)27-8-13-10(2)26-17(22-13)11-5-4-6-12(19)7-11/h4-7,9H,3,8H2,1-2H3,(H,20,21,25). The summed E-state index contributed by atoms with van der Waals surface area (Å²) in [6.07, 6.45) is 1.39. The van der Waals surface area contributed by atoms with E-state index >= 15 is 0 Å². The summed E-state index contributed by atoms with van der Waals surface area (Å²) >= 11 is 7.54. The Hall–Kier alpha value is -2.58. The number of rotatable bonds is 5. The number of halogens is 1. The minimum absolute atomic E-state index is 0.241. The highest BCUT2D eigenvalue weighted by atomic mass is 35.5. The predicted molar refractivity (Wildman–Crippen MR) is 105 cm³/mol. The highest BCUT2D eigenvalue weighted by molar-refractivity contribution is 7.98. The van der Waals surface area contributed by atoms with Gasteiger partial charge >= 0.3 is 0 Å². The van der Waals surface area contributed by atoms with Gasteiger partial charge in [0.1, 0.15) is 5.76 Å². The van der Waals surface area contributed by atoms with Crippen LogP contribution >= 0.6 is 23.4 Å². The van der Waals surface area contributed by atoms with Crippen molar-refractivity contribution in [2.45, 2.75) is 31.3 Å². The van der Waals surface area contributed by atoms with Crippen LogP contribution in [0.3, 0.4) is 0 Å². The number of H-pyrrole nitrogens is 1. The molecule has 4 rings (SSSR count). The van der Waals surface area contributed by atoms with Gasteiger partial charge in [-0.15, -0.1) is 0 Å². The van der Waals surface area contributed by atoms with E-state index in [0.717, 1.165) is 22.2 Å². The van der Waals surface area contributed by atoms with Crippen molar-refractivity contribution in [3.8, 4) is 11.5 Å². The Kier molecular flexibility index (Phi) is 4.75. The highest BCUT2D eigenvalue weighted by Crippen LogP contribution is 2.29. The van der Waals surface area contributed by atoms with Gasteiger partial charge in [-0.3, -0.25) is 4.79 Å². The topological polar surface area (TPSA) is 89.6 Å². The van der Waals surface area contributed by atoms with Crippen molar-refractivity contribution < 1.29 is 4.42 Å². The zero-order chi connectivity index (χ0) is 19.0. The van der Waals surface area contributed by atoms with Crippen LogP contribution in [0.5, 0.6) is 0 Å². The Morgan fingerprint density at radius 1 is 1.33 bits per heavy atom.